The normalized spacial score (nSPS) is 14.8. The van der Waals surface area contributed by atoms with Crippen molar-refractivity contribution in [3.8, 4) is 0 Å². The van der Waals surface area contributed by atoms with Crippen LogP contribution in [0.5, 0.6) is 0 Å². The molecule has 0 atom stereocenters. The highest BCUT2D eigenvalue weighted by Gasteiger charge is 2.29. The number of nitrogens with one attached hydrogen (secondary N) is 1. The summed E-state index contributed by atoms with van der Waals surface area (Å²) in [6.07, 6.45) is -0.438. The van der Waals surface area contributed by atoms with Gasteiger partial charge >= 0.3 is 6.09 Å². The zero-order valence-electron chi connectivity index (χ0n) is 10.3. The lowest BCUT2D eigenvalue weighted by Gasteiger charge is -2.38. The van der Waals surface area contributed by atoms with Gasteiger partial charge in [0, 0.05) is 20.0 Å². The van der Waals surface area contributed by atoms with Gasteiger partial charge in [-0.15, -0.1) is 0 Å². The van der Waals surface area contributed by atoms with Gasteiger partial charge in [0.2, 0.25) is 5.91 Å². The first kappa shape index (κ1) is 12.4. The van der Waals surface area contributed by atoms with E-state index < -0.39 is 6.09 Å². The molecule has 1 aromatic carbocycles. The molecule has 1 aliphatic heterocycles. The lowest BCUT2D eigenvalue weighted by Crippen LogP contribution is -2.60. The molecule has 96 valence electrons. The SMILES string of the molecule is CC(=O)N1CC(NC(=O)OCc2ccccc2)C1. The second kappa shape index (κ2) is 5.53. The van der Waals surface area contributed by atoms with Gasteiger partial charge in [-0.1, -0.05) is 30.3 Å². The van der Waals surface area contributed by atoms with Crippen molar-refractivity contribution in [1.29, 1.82) is 0 Å². The Labute approximate surface area is 106 Å². The van der Waals surface area contributed by atoms with E-state index in [9.17, 15) is 9.59 Å². The van der Waals surface area contributed by atoms with E-state index in [0.29, 0.717) is 13.1 Å². The Hall–Kier alpha value is -2.04. The molecule has 1 N–H and O–H groups in total. The topological polar surface area (TPSA) is 58.6 Å². The average molecular weight is 248 g/mol. The molecule has 0 unspecified atom stereocenters. The largest absolute Gasteiger partial charge is 0.445 e. The molecule has 0 radical (unpaired) electrons. The number of ether oxygens (including phenoxy) is 1. The summed E-state index contributed by atoms with van der Waals surface area (Å²) in [6.45, 7) is 2.91. The Morgan fingerprint density at radius 1 is 1.33 bits per heavy atom. The summed E-state index contributed by atoms with van der Waals surface area (Å²) in [7, 11) is 0. The first-order valence-corrected chi connectivity index (χ1v) is 5.88. The van der Waals surface area contributed by atoms with Gasteiger partial charge < -0.3 is 15.0 Å². The van der Waals surface area contributed by atoms with E-state index >= 15 is 0 Å². The van der Waals surface area contributed by atoms with E-state index in [1.54, 1.807) is 4.90 Å². The van der Waals surface area contributed by atoms with Crippen LogP contribution >= 0.6 is 0 Å². The molecular formula is C13H16N2O3. The smallest absolute Gasteiger partial charge is 0.407 e. The molecule has 1 fully saturated rings. The van der Waals surface area contributed by atoms with Gasteiger partial charge in [0.1, 0.15) is 6.61 Å². The van der Waals surface area contributed by atoms with Crippen LogP contribution in [0.2, 0.25) is 0 Å². The number of hydrogen-bond donors (Lipinski definition) is 1. The number of alkyl carbamates (subject to hydrolysis) is 1. The molecule has 0 saturated carbocycles. The fraction of sp³-hybridized carbons (Fsp3) is 0.385. The van der Waals surface area contributed by atoms with E-state index in [1.165, 1.54) is 6.92 Å². The highest BCUT2D eigenvalue weighted by Crippen LogP contribution is 2.08. The molecule has 0 aromatic heterocycles. The maximum atomic E-state index is 11.5. The van der Waals surface area contributed by atoms with Crippen molar-refractivity contribution in [2.45, 2.75) is 19.6 Å². The summed E-state index contributed by atoms with van der Waals surface area (Å²) in [5, 5.41) is 2.72. The van der Waals surface area contributed by atoms with Crippen molar-refractivity contribution in [3.05, 3.63) is 35.9 Å². The molecule has 2 amide bonds. The van der Waals surface area contributed by atoms with Crippen molar-refractivity contribution in [2.24, 2.45) is 0 Å². The molecular weight excluding hydrogens is 232 g/mol. The number of carbonyl (C=O) groups is 2. The van der Waals surface area contributed by atoms with Gasteiger partial charge in [-0.3, -0.25) is 4.79 Å². The molecule has 1 aromatic rings. The Balaban J connectivity index is 1.66. The van der Waals surface area contributed by atoms with Crippen LogP contribution in [0.3, 0.4) is 0 Å². The summed E-state index contributed by atoms with van der Waals surface area (Å²) in [5.41, 5.74) is 0.951. The minimum Gasteiger partial charge on any atom is -0.445 e. The molecule has 0 bridgehead atoms. The van der Waals surface area contributed by atoms with E-state index in [0.717, 1.165) is 5.56 Å². The molecule has 0 spiro atoms. The molecule has 1 aliphatic rings. The quantitative estimate of drug-likeness (QED) is 0.872. The lowest BCUT2D eigenvalue weighted by molar-refractivity contribution is -0.133. The fourth-order valence-electron chi connectivity index (χ4n) is 1.76. The molecule has 1 heterocycles. The highest BCUT2D eigenvalue weighted by molar-refractivity contribution is 5.75. The van der Waals surface area contributed by atoms with Crippen LogP contribution < -0.4 is 5.32 Å². The number of hydrogen-bond acceptors (Lipinski definition) is 3. The number of likely N-dealkylation sites (tertiary alicyclic amines) is 1. The van der Waals surface area contributed by atoms with Gasteiger partial charge in [-0.05, 0) is 5.56 Å². The standard InChI is InChI=1S/C13H16N2O3/c1-10(16)15-7-12(8-15)14-13(17)18-9-11-5-3-2-4-6-11/h2-6,12H,7-9H2,1H3,(H,14,17). The second-order valence-electron chi connectivity index (χ2n) is 4.33. The summed E-state index contributed by atoms with van der Waals surface area (Å²) in [4.78, 5) is 24.1. The molecule has 0 aliphatic carbocycles. The summed E-state index contributed by atoms with van der Waals surface area (Å²) < 4.78 is 5.08. The van der Waals surface area contributed by atoms with Crippen LogP contribution in [0.25, 0.3) is 0 Å². The average Bonchev–Trinajstić information content (AvgIpc) is 2.31. The fourth-order valence-corrected chi connectivity index (χ4v) is 1.76. The Morgan fingerprint density at radius 3 is 2.61 bits per heavy atom. The van der Waals surface area contributed by atoms with Crippen LogP contribution in [-0.2, 0) is 16.1 Å². The predicted molar refractivity (Wildman–Crippen MR) is 65.8 cm³/mol. The third-order valence-corrected chi connectivity index (χ3v) is 2.86. The van der Waals surface area contributed by atoms with Crippen LogP contribution in [-0.4, -0.2) is 36.0 Å². The zero-order chi connectivity index (χ0) is 13.0. The van der Waals surface area contributed by atoms with Gasteiger partial charge in [-0.2, -0.15) is 0 Å². The van der Waals surface area contributed by atoms with E-state index in [1.807, 2.05) is 30.3 Å². The van der Waals surface area contributed by atoms with Crippen molar-refractivity contribution < 1.29 is 14.3 Å². The second-order valence-corrected chi connectivity index (χ2v) is 4.33. The number of rotatable bonds is 3. The van der Waals surface area contributed by atoms with Crippen molar-refractivity contribution in [3.63, 3.8) is 0 Å². The van der Waals surface area contributed by atoms with Crippen molar-refractivity contribution >= 4 is 12.0 Å². The molecule has 5 heteroatoms. The van der Waals surface area contributed by atoms with Crippen LogP contribution in [0, 0.1) is 0 Å². The third-order valence-electron chi connectivity index (χ3n) is 2.86. The number of benzene rings is 1. The lowest BCUT2D eigenvalue weighted by atomic mass is 10.1. The van der Waals surface area contributed by atoms with E-state index in [-0.39, 0.29) is 18.6 Å². The van der Waals surface area contributed by atoms with Crippen molar-refractivity contribution in [1.82, 2.24) is 10.2 Å². The molecule has 2 rings (SSSR count). The summed E-state index contributed by atoms with van der Waals surface area (Å²) >= 11 is 0. The number of nitrogens with zero attached hydrogens (tertiary/aromatic N) is 1. The predicted octanol–water partition coefficient (Wildman–Crippen LogP) is 1.14. The van der Waals surface area contributed by atoms with Crippen LogP contribution in [0.1, 0.15) is 12.5 Å². The Morgan fingerprint density at radius 2 is 2.00 bits per heavy atom. The first-order chi connectivity index (χ1) is 8.65. The van der Waals surface area contributed by atoms with Gasteiger partial charge in [0.25, 0.3) is 0 Å². The minimum atomic E-state index is -0.438. The summed E-state index contributed by atoms with van der Waals surface area (Å²) in [6, 6.07) is 9.51. The van der Waals surface area contributed by atoms with Crippen LogP contribution in [0.15, 0.2) is 30.3 Å². The number of amides is 2. The zero-order valence-corrected chi connectivity index (χ0v) is 10.3. The van der Waals surface area contributed by atoms with Gasteiger partial charge in [-0.25, -0.2) is 4.79 Å². The number of carbonyl (C=O) groups excluding carboxylic acids is 2. The van der Waals surface area contributed by atoms with Crippen LogP contribution in [0.4, 0.5) is 4.79 Å². The first-order valence-electron chi connectivity index (χ1n) is 5.88. The third kappa shape index (κ3) is 3.23. The molecule has 5 nitrogen and oxygen atoms in total. The summed E-state index contributed by atoms with van der Waals surface area (Å²) in [5.74, 6) is 0.0331. The molecule has 18 heavy (non-hydrogen) atoms. The van der Waals surface area contributed by atoms with Crippen molar-refractivity contribution in [2.75, 3.05) is 13.1 Å². The molecule has 1 saturated heterocycles. The Kier molecular flexibility index (Phi) is 3.82. The maximum Gasteiger partial charge on any atom is 0.407 e. The Bertz CT molecular complexity index is 427. The monoisotopic (exact) mass is 248 g/mol. The van der Waals surface area contributed by atoms with E-state index in [2.05, 4.69) is 5.32 Å². The highest BCUT2D eigenvalue weighted by atomic mass is 16.5. The van der Waals surface area contributed by atoms with E-state index in [4.69, 9.17) is 4.74 Å². The van der Waals surface area contributed by atoms with Gasteiger partial charge in [0.05, 0.1) is 6.04 Å². The minimum absolute atomic E-state index is 0.0113. The maximum absolute atomic E-state index is 11.5. The van der Waals surface area contributed by atoms with Gasteiger partial charge in [0.15, 0.2) is 0 Å².